The van der Waals surface area contributed by atoms with Crippen LogP contribution in [0.2, 0.25) is 15.1 Å². The van der Waals surface area contributed by atoms with Gasteiger partial charge in [0.05, 0.1) is 20.3 Å². The molecule has 0 radical (unpaired) electrons. The molecule has 8 heteroatoms. The van der Waals surface area contributed by atoms with E-state index in [2.05, 4.69) is 10.3 Å². The summed E-state index contributed by atoms with van der Waals surface area (Å²) in [5.74, 6) is 0.204. The molecule has 0 atom stereocenters. The molecule has 1 N–H and O–H groups in total. The van der Waals surface area contributed by atoms with Gasteiger partial charge in [0.1, 0.15) is 5.76 Å². The Labute approximate surface area is 173 Å². The van der Waals surface area contributed by atoms with Gasteiger partial charge >= 0.3 is 0 Å². The van der Waals surface area contributed by atoms with Crippen molar-refractivity contribution < 1.29 is 9.21 Å². The number of fused-ring (bicyclic) bond motifs is 1. The highest BCUT2D eigenvalue weighted by atomic mass is 35.5. The lowest BCUT2D eigenvalue weighted by atomic mass is 10.2. The lowest BCUT2D eigenvalue weighted by Gasteiger charge is -2.02. The number of nitrogens with zero attached hydrogens (tertiary/aromatic N) is 1. The molecule has 4 aromatic rings. The van der Waals surface area contributed by atoms with Crippen LogP contribution in [0.5, 0.6) is 0 Å². The summed E-state index contributed by atoms with van der Waals surface area (Å²) in [7, 11) is 0. The van der Waals surface area contributed by atoms with Crippen LogP contribution in [-0.4, -0.2) is 10.9 Å². The molecular weight excluding hydrogens is 427 g/mol. The Morgan fingerprint density at radius 2 is 1.93 bits per heavy atom. The maximum absolute atomic E-state index is 12.5. The second-order valence-corrected chi connectivity index (χ2v) is 8.03. The van der Waals surface area contributed by atoms with Crippen molar-refractivity contribution in [1.82, 2.24) is 4.98 Å². The summed E-state index contributed by atoms with van der Waals surface area (Å²) in [4.78, 5) is 16.9. The van der Waals surface area contributed by atoms with Crippen LogP contribution in [0.25, 0.3) is 21.5 Å². The summed E-state index contributed by atoms with van der Waals surface area (Å²) >= 11 is 19.7. The molecular formula is C19H11Cl3N2O2S. The summed E-state index contributed by atoms with van der Waals surface area (Å²) in [5, 5.41) is 4.65. The summed E-state index contributed by atoms with van der Waals surface area (Å²) in [6.45, 7) is 1.92. The van der Waals surface area contributed by atoms with Crippen molar-refractivity contribution in [2.75, 3.05) is 5.32 Å². The van der Waals surface area contributed by atoms with Crippen molar-refractivity contribution >= 4 is 67.4 Å². The minimum atomic E-state index is -0.402. The van der Waals surface area contributed by atoms with Crippen molar-refractivity contribution in [3.05, 3.63) is 68.9 Å². The van der Waals surface area contributed by atoms with E-state index in [1.807, 2.05) is 13.0 Å². The molecule has 27 heavy (non-hydrogen) atoms. The Bertz CT molecular complexity index is 1140. The number of rotatable bonds is 3. The zero-order valence-electron chi connectivity index (χ0n) is 13.8. The molecule has 0 saturated heterocycles. The predicted octanol–water partition coefficient (Wildman–Crippen LogP) is 7.08. The largest absolute Gasteiger partial charge is 0.451 e. The molecule has 0 spiro atoms. The second-order valence-electron chi connectivity index (χ2n) is 5.81. The highest BCUT2D eigenvalue weighted by Crippen LogP contribution is 2.35. The summed E-state index contributed by atoms with van der Waals surface area (Å²) < 4.78 is 6.60. The van der Waals surface area contributed by atoms with Crippen LogP contribution < -0.4 is 5.32 Å². The van der Waals surface area contributed by atoms with E-state index in [1.54, 1.807) is 36.4 Å². The van der Waals surface area contributed by atoms with Gasteiger partial charge in [-0.25, -0.2) is 4.98 Å². The fourth-order valence-corrected chi connectivity index (χ4v) is 4.05. The van der Waals surface area contributed by atoms with Gasteiger partial charge in [-0.2, -0.15) is 0 Å². The number of halogens is 3. The first-order valence-corrected chi connectivity index (χ1v) is 9.79. The number of hydrogen-bond donors (Lipinski definition) is 1. The van der Waals surface area contributed by atoms with E-state index in [9.17, 15) is 4.79 Å². The van der Waals surface area contributed by atoms with Crippen molar-refractivity contribution in [3.63, 3.8) is 0 Å². The molecule has 0 aliphatic carbocycles. The molecule has 136 valence electrons. The SMILES string of the molecule is Cc1cc2sc(NC(=O)c3ccc(-c4cccc(Cl)c4Cl)o3)nc2cc1Cl. The smallest absolute Gasteiger partial charge is 0.293 e. The zero-order chi connectivity index (χ0) is 19.1. The molecule has 0 aliphatic rings. The van der Waals surface area contributed by atoms with Gasteiger partial charge in [-0.15, -0.1) is 0 Å². The van der Waals surface area contributed by atoms with Crippen LogP contribution in [0, 0.1) is 6.92 Å². The lowest BCUT2D eigenvalue weighted by molar-refractivity contribution is 0.0997. The topological polar surface area (TPSA) is 55.1 Å². The average molecular weight is 438 g/mol. The molecule has 0 unspecified atom stereocenters. The maximum Gasteiger partial charge on any atom is 0.293 e. The van der Waals surface area contributed by atoms with E-state index in [0.717, 1.165) is 15.8 Å². The number of hydrogen-bond acceptors (Lipinski definition) is 4. The molecule has 2 aromatic carbocycles. The first-order valence-electron chi connectivity index (χ1n) is 7.84. The van der Waals surface area contributed by atoms with Gasteiger partial charge in [0.15, 0.2) is 10.9 Å². The molecule has 0 saturated carbocycles. The third-order valence-electron chi connectivity index (χ3n) is 3.94. The Balaban J connectivity index is 1.59. The number of anilines is 1. The van der Waals surface area contributed by atoms with Crippen molar-refractivity contribution in [2.45, 2.75) is 6.92 Å². The van der Waals surface area contributed by atoms with Crippen LogP contribution in [0.1, 0.15) is 16.1 Å². The van der Waals surface area contributed by atoms with Crippen LogP contribution in [-0.2, 0) is 0 Å². The normalized spacial score (nSPS) is 11.1. The quantitative estimate of drug-likeness (QED) is 0.372. The Morgan fingerprint density at radius 1 is 1.11 bits per heavy atom. The molecule has 4 nitrogen and oxygen atoms in total. The molecule has 4 rings (SSSR count). The van der Waals surface area contributed by atoms with Crippen LogP contribution >= 0.6 is 46.1 Å². The van der Waals surface area contributed by atoms with Gasteiger partial charge in [0.25, 0.3) is 5.91 Å². The number of nitrogens with one attached hydrogen (secondary N) is 1. The third kappa shape index (κ3) is 3.56. The third-order valence-corrected chi connectivity index (χ3v) is 6.10. The maximum atomic E-state index is 12.5. The van der Waals surface area contributed by atoms with Crippen molar-refractivity contribution in [1.29, 1.82) is 0 Å². The van der Waals surface area contributed by atoms with E-state index in [1.165, 1.54) is 11.3 Å². The molecule has 0 fully saturated rings. The van der Waals surface area contributed by atoms with Crippen LogP contribution in [0.15, 0.2) is 46.9 Å². The van der Waals surface area contributed by atoms with Crippen LogP contribution in [0.3, 0.4) is 0 Å². The minimum absolute atomic E-state index is 0.148. The Kier molecular flexibility index (Phi) is 4.86. The van der Waals surface area contributed by atoms with Gasteiger partial charge in [0.2, 0.25) is 0 Å². The number of aryl methyl sites for hydroxylation is 1. The van der Waals surface area contributed by atoms with E-state index in [-0.39, 0.29) is 5.76 Å². The summed E-state index contributed by atoms with van der Waals surface area (Å²) in [6, 6.07) is 12.2. The highest BCUT2D eigenvalue weighted by molar-refractivity contribution is 7.22. The van der Waals surface area contributed by atoms with Crippen LogP contribution in [0.4, 0.5) is 5.13 Å². The number of thiazole rings is 1. The van der Waals surface area contributed by atoms with Gasteiger partial charge < -0.3 is 4.42 Å². The van der Waals surface area contributed by atoms with Gasteiger partial charge in [-0.3, -0.25) is 10.1 Å². The van der Waals surface area contributed by atoms with E-state index >= 15 is 0 Å². The number of carbonyl (C=O) groups is 1. The van der Waals surface area contributed by atoms with Gasteiger partial charge in [-0.1, -0.05) is 52.2 Å². The number of benzene rings is 2. The fraction of sp³-hybridized carbons (Fsp3) is 0.0526. The number of furan rings is 1. The van der Waals surface area contributed by atoms with E-state index in [4.69, 9.17) is 39.2 Å². The number of carbonyl (C=O) groups excluding carboxylic acids is 1. The molecule has 2 heterocycles. The molecule has 1 amide bonds. The lowest BCUT2D eigenvalue weighted by Crippen LogP contribution is -2.10. The second kappa shape index (κ2) is 7.17. The standard InChI is InChI=1S/C19H11Cl3N2O2S/c1-9-7-16-13(8-12(9)21)23-19(27-16)24-18(25)15-6-5-14(26-15)10-3-2-4-11(20)17(10)22/h2-8H,1H3,(H,23,24,25). The minimum Gasteiger partial charge on any atom is -0.451 e. The molecule has 0 bridgehead atoms. The van der Waals surface area contributed by atoms with Gasteiger partial charge in [-0.05, 0) is 48.9 Å². The van der Waals surface area contributed by atoms with Crippen molar-refractivity contribution in [3.8, 4) is 11.3 Å². The van der Waals surface area contributed by atoms with E-state index in [0.29, 0.717) is 31.5 Å². The zero-order valence-corrected chi connectivity index (χ0v) is 16.9. The monoisotopic (exact) mass is 436 g/mol. The fourth-order valence-electron chi connectivity index (χ4n) is 2.56. The number of amides is 1. The average Bonchev–Trinajstić information content (AvgIpc) is 3.25. The van der Waals surface area contributed by atoms with Crippen molar-refractivity contribution in [2.24, 2.45) is 0 Å². The van der Waals surface area contributed by atoms with E-state index < -0.39 is 5.91 Å². The first-order chi connectivity index (χ1) is 12.9. The Hall–Kier alpha value is -2.05. The molecule has 0 aliphatic heterocycles. The Morgan fingerprint density at radius 3 is 2.74 bits per heavy atom. The highest BCUT2D eigenvalue weighted by Gasteiger charge is 2.17. The summed E-state index contributed by atoms with van der Waals surface area (Å²) in [6.07, 6.45) is 0. The summed E-state index contributed by atoms with van der Waals surface area (Å²) in [5.41, 5.74) is 2.31. The van der Waals surface area contributed by atoms with Gasteiger partial charge in [0, 0.05) is 10.6 Å². The number of aromatic nitrogens is 1. The predicted molar refractivity (Wildman–Crippen MR) is 111 cm³/mol. The molecule has 2 aromatic heterocycles. The first kappa shape index (κ1) is 18.3.